The summed E-state index contributed by atoms with van der Waals surface area (Å²) < 4.78 is 29.0. The van der Waals surface area contributed by atoms with Gasteiger partial charge in [-0.1, -0.05) is 26.0 Å². The lowest BCUT2D eigenvalue weighted by atomic mass is 9.72. The molecule has 3 aromatic carbocycles. The van der Waals surface area contributed by atoms with Crippen LogP contribution in [0.3, 0.4) is 0 Å². The van der Waals surface area contributed by atoms with Crippen molar-refractivity contribution in [2.24, 2.45) is 33.6 Å². The van der Waals surface area contributed by atoms with E-state index in [9.17, 15) is 52.7 Å². The molecule has 28 nitrogen and oxygen atoms in total. The predicted molar refractivity (Wildman–Crippen MR) is 354 cm³/mol. The number of fused-ring (bicyclic) bond motifs is 6. The molecule has 3 aliphatic carbocycles. The van der Waals surface area contributed by atoms with Gasteiger partial charge in [0.15, 0.2) is 11.5 Å². The number of aromatic amines is 2. The number of H-pyrrole nitrogens is 2. The van der Waals surface area contributed by atoms with Crippen LogP contribution < -0.4 is 57.1 Å². The van der Waals surface area contributed by atoms with Gasteiger partial charge in [-0.3, -0.25) is 38.6 Å². The van der Waals surface area contributed by atoms with E-state index in [-0.39, 0.29) is 99.1 Å². The Bertz CT molecular complexity index is 3940. The number of phosphoric acid groups is 1. The number of carbonyl (C=O) groups is 9. The molecule has 0 saturated heterocycles. The lowest BCUT2D eigenvalue weighted by Gasteiger charge is -2.37. The molecule has 8 atom stereocenters. The molecule has 95 heavy (non-hydrogen) atoms. The number of anilines is 3. The van der Waals surface area contributed by atoms with Crippen LogP contribution in [0.15, 0.2) is 48.8 Å². The van der Waals surface area contributed by atoms with Crippen molar-refractivity contribution in [3.05, 3.63) is 76.6 Å². The standard InChI is InChI=1S/C64H82Cl2N13O15P/c1-33(2)51(75-55(82)41(72-36(5)80)11-8-9-17-67)56(83)74-42(12-10-18-69-59(68)86)54(81)73-40-15-13-37(14-16-40)29-92-60(87)76(6)19-20-77(7)61(88)93-45-21-43-49(47-34(3)25-70-52(45)47)38(23-65)27-78(43)57(84)62-30-63(32-64(62,63)31-62)58(85)79-28-39(24-66)50-44(79)22-46(94-95(89,90)91)53-48(50)35(4)26-71-53/h13-16,21-22,25-26,33,38-39,41-42,51,70-71H,8-12,17-20,23-24,27-32,67H2,1-7H3,(H,72,80)(H,73,81)(H,74,83)(H,75,82)(H3,68,69,86)(H2,89,90,91)/t38-,39-,41+,42+,51?,62?,63?,64?/m1/s1. The fraction of sp³-hybridized carbons (Fsp3) is 0.516. The van der Waals surface area contributed by atoms with Crippen LogP contribution in [0.25, 0.3) is 21.8 Å². The third-order valence-electron chi connectivity index (χ3n) is 19.4. The van der Waals surface area contributed by atoms with Crippen LogP contribution in [0.4, 0.5) is 31.4 Å². The van der Waals surface area contributed by atoms with Gasteiger partial charge >= 0.3 is 26.0 Å². The molecule has 0 bridgehead atoms. The zero-order valence-corrected chi connectivity index (χ0v) is 56.4. The van der Waals surface area contributed by atoms with E-state index in [4.69, 9.17) is 48.7 Å². The summed E-state index contributed by atoms with van der Waals surface area (Å²) >= 11 is 13.2. The molecule has 2 aliphatic heterocycles. The minimum atomic E-state index is -5.00. The average molecular weight is 1380 g/mol. The molecule has 0 radical (unpaired) electrons. The van der Waals surface area contributed by atoms with Crippen molar-refractivity contribution in [2.75, 3.05) is 80.2 Å². The molecule has 5 aliphatic rings. The van der Waals surface area contributed by atoms with Gasteiger partial charge in [-0.15, -0.1) is 23.2 Å². The molecule has 10 amide bonds. The second kappa shape index (κ2) is 27.5. The first-order valence-electron chi connectivity index (χ1n) is 31.6. The first-order chi connectivity index (χ1) is 45.0. The Labute approximate surface area is 558 Å². The number of halogens is 2. The molecular weight excluding hydrogens is 1290 g/mol. The summed E-state index contributed by atoms with van der Waals surface area (Å²) in [6.45, 7) is 9.43. The normalized spacial score (nSPS) is 21.2. The number of carbonyl (C=O) groups excluding carboxylic acids is 9. The Morgan fingerprint density at radius 2 is 1.27 bits per heavy atom. The van der Waals surface area contributed by atoms with E-state index in [1.54, 1.807) is 66.4 Å². The van der Waals surface area contributed by atoms with Crippen LogP contribution in [0.2, 0.25) is 0 Å². The van der Waals surface area contributed by atoms with Gasteiger partial charge in [-0.2, -0.15) is 0 Å². The highest BCUT2D eigenvalue weighted by molar-refractivity contribution is 7.46. The molecule has 2 aromatic heterocycles. The molecule has 4 unspecified atom stereocenters. The second-order valence-corrected chi connectivity index (χ2v) is 27.9. The first kappa shape index (κ1) is 69.7. The number of hydrogen-bond donors (Lipinski definition) is 11. The van der Waals surface area contributed by atoms with Crippen LogP contribution in [0.1, 0.15) is 112 Å². The zero-order chi connectivity index (χ0) is 68.8. The SMILES string of the molecule is CC(=O)N[C@@H](CCCCN)C(=O)NC(C(=O)N[C@@H](CCCNC(N)=O)C(=O)Nc1ccc(COC(=O)N(C)CCN(C)C(=O)Oc2cc3c(c4c(C)c[nH]c24)[C@H](CCl)CN3C(=O)C23CC4(C(=O)N5C[C@@H](CCl)c6c5cc(OP(=O)(O)O)c5[nH]cc(C)c65)CC24C3)cc1)C(C)C. The Morgan fingerprint density at radius 3 is 1.79 bits per heavy atom. The van der Waals surface area contributed by atoms with Crippen molar-refractivity contribution in [3.8, 4) is 11.5 Å². The number of hydrogen-bond acceptors (Lipinski definition) is 14. The largest absolute Gasteiger partial charge is 0.524 e. The van der Waals surface area contributed by atoms with Gasteiger partial charge in [0.05, 0.1) is 33.2 Å². The van der Waals surface area contributed by atoms with Crippen LogP contribution in [-0.2, 0) is 44.7 Å². The average Bonchev–Trinajstić information content (AvgIpc) is 1.40. The van der Waals surface area contributed by atoms with Crippen molar-refractivity contribution in [2.45, 2.75) is 123 Å². The number of nitrogens with one attached hydrogen (secondary N) is 7. The molecule has 10 rings (SSSR count). The van der Waals surface area contributed by atoms with Crippen LogP contribution in [-0.4, -0.2) is 166 Å². The third kappa shape index (κ3) is 13.6. The number of ether oxygens (including phenoxy) is 2. The Kier molecular flexibility index (Phi) is 20.2. The summed E-state index contributed by atoms with van der Waals surface area (Å²) in [5.74, 6) is -3.06. The number of rotatable bonds is 28. The topological polar surface area (TPSA) is 396 Å². The summed E-state index contributed by atoms with van der Waals surface area (Å²) in [4.78, 5) is 154. The quantitative estimate of drug-likeness (QED) is 0.0149. The third-order valence-corrected chi connectivity index (χ3v) is 20.6. The number of nitrogens with two attached hydrogens (primary N) is 2. The maximum absolute atomic E-state index is 15.2. The number of primary amides is 1. The maximum Gasteiger partial charge on any atom is 0.524 e. The number of unbranched alkanes of at least 4 members (excludes halogenated alkanes) is 1. The fourth-order valence-corrected chi connectivity index (χ4v) is 15.4. The maximum atomic E-state index is 15.2. The van der Waals surface area contributed by atoms with Gasteiger partial charge in [0.25, 0.3) is 0 Å². The van der Waals surface area contributed by atoms with Crippen molar-refractivity contribution in [3.63, 3.8) is 0 Å². The van der Waals surface area contributed by atoms with E-state index in [0.717, 1.165) is 27.6 Å². The van der Waals surface area contributed by atoms with E-state index in [0.29, 0.717) is 84.1 Å². The Hall–Kier alpha value is -8.14. The number of benzene rings is 3. The molecule has 1 spiro atoms. The summed E-state index contributed by atoms with van der Waals surface area (Å²) in [5.41, 5.74) is 14.8. The Morgan fingerprint density at radius 1 is 0.737 bits per heavy atom. The van der Waals surface area contributed by atoms with Crippen LogP contribution in [0, 0.1) is 36.0 Å². The van der Waals surface area contributed by atoms with E-state index < -0.39 is 90.0 Å². The zero-order valence-electron chi connectivity index (χ0n) is 54.0. The first-order valence-corrected chi connectivity index (χ1v) is 34.2. The molecule has 5 aromatic rings. The number of phosphoric ester groups is 1. The summed E-state index contributed by atoms with van der Waals surface area (Å²) in [5, 5.41) is 14.8. The molecule has 13 N–H and O–H groups in total. The highest BCUT2D eigenvalue weighted by Gasteiger charge is 3.01. The number of likely N-dealkylation sites (N-methyl/N-ethyl adjacent to an activating group) is 2. The highest BCUT2D eigenvalue weighted by Crippen LogP contribution is 3.01. The predicted octanol–water partition coefficient (Wildman–Crippen LogP) is 6.29. The molecule has 31 heteroatoms. The van der Waals surface area contributed by atoms with Gasteiger partial charge in [-0.25, -0.2) is 18.9 Å². The van der Waals surface area contributed by atoms with Crippen LogP contribution >= 0.6 is 31.0 Å². The summed E-state index contributed by atoms with van der Waals surface area (Å²) in [6.07, 6.45) is 5.18. The summed E-state index contributed by atoms with van der Waals surface area (Å²) in [7, 11) is -1.97. The van der Waals surface area contributed by atoms with E-state index in [1.165, 1.54) is 36.9 Å². The van der Waals surface area contributed by atoms with Gasteiger partial charge in [0.1, 0.15) is 24.7 Å². The lowest BCUT2D eigenvalue weighted by molar-refractivity contribution is -0.134. The van der Waals surface area contributed by atoms with Gasteiger partial charge in [0, 0.05) is 124 Å². The fourth-order valence-electron chi connectivity index (χ4n) is 14.5. The van der Waals surface area contributed by atoms with Gasteiger partial charge < -0.3 is 81.6 Å². The minimum absolute atomic E-state index is 0.0270. The van der Waals surface area contributed by atoms with Gasteiger partial charge in [0.2, 0.25) is 35.4 Å². The van der Waals surface area contributed by atoms with Crippen molar-refractivity contribution >= 4 is 124 Å². The number of nitrogens with zero attached hydrogens (tertiary/aromatic N) is 4. The van der Waals surface area contributed by atoms with Crippen molar-refractivity contribution in [1.29, 1.82) is 0 Å². The van der Waals surface area contributed by atoms with Crippen molar-refractivity contribution < 1.29 is 71.5 Å². The molecule has 3 fully saturated rings. The molecule has 512 valence electrons. The number of aromatic nitrogens is 2. The van der Waals surface area contributed by atoms with E-state index in [2.05, 4.69) is 36.6 Å². The van der Waals surface area contributed by atoms with Gasteiger partial charge in [-0.05, 0) is 118 Å². The molecule has 4 heterocycles. The molecule has 3 saturated carbocycles. The highest BCUT2D eigenvalue weighted by atomic mass is 35.5. The van der Waals surface area contributed by atoms with Crippen LogP contribution in [0.5, 0.6) is 11.5 Å². The number of amides is 10. The molecular formula is C64H82Cl2N13O15P. The number of alkyl halides is 2. The van der Waals surface area contributed by atoms with Crippen molar-refractivity contribution in [1.82, 2.24) is 41.0 Å². The Balaban J connectivity index is 0.739. The smallest absolute Gasteiger partial charge is 0.445 e. The second-order valence-electron chi connectivity index (χ2n) is 26.2. The monoisotopic (exact) mass is 1370 g/mol. The number of aryl methyl sites for hydroxylation is 2. The summed E-state index contributed by atoms with van der Waals surface area (Å²) in [6, 6.07) is 5.71. The van der Waals surface area contributed by atoms with E-state index >= 15 is 4.79 Å². The lowest BCUT2D eigenvalue weighted by Crippen LogP contribution is -2.57. The van der Waals surface area contributed by atoms with E-state index in [1.807, 2.05) is 13.8 Å². The number of urea groups is 1. The minimum Gasteiger partial charge on any atom is -0.445 e.